The summed E-state index contributed by atoms with van der Waals surface area (Å²) in [6.07, 6.45) is 10.2. The molecule has 3 rings (SSSR count). The van der Waals surface area contributed by atoms with Gasteiger partial charge in [0.05, 0.1) is 0 Å². The van der Waals surface area contributed by atoms with Crippen LogP contribution in [0.15, 0.2) is 49.1 Å². The van der Waals surface area contributed by atoms with E-state index in [4.69, 9.17) is 0 Å². The summed E-state index contributed by atoms with van der Waals surface area (Å²) < 4.78 is 2.56. The highest BCUT2D eigenvalue weighted by molar-refractivity contribution is 6.08. The van der Waals surface area contributed by atoms with E-state index in [1.54, 1.807) is 0 Å². The second-order valence-electron chi connectivity index (χ2n) is 9.94. The van der Waals surface area contributed by atoms with Crippen LogP contribution in [0.2, 0.25) is 0 Å². The molecule has 0 fully saturated rings. The lowest BCUT2D eigenvalue weighted by Gasteiger charge is -2.28. The number of fused-ring (bicyclic) bond motifs is 3. The van der Waals surface area contributed by atoms with Crippen LogP contribution < -0.4 is 0 Å². The molecular weight excluding hydrogens is 374 g/mol. The summed E-state index contributed by atoms with van der Waals surface area (Å²) in [6, 6.07) is 14.6. The third kappa shape index (κ3) is 4.34. The zero-order valence-corrected chi connectivity index (χ0v) is 20.9. The number of aromatic nitrogens is 1. The molecule has 1 aromatic heterocycles. The van der Waals surface area contributed by atoms with Gasteiger partial charge in [-0.15, -0.1) is 6.58 Å². The lowest BCUT2D eigenvalue weighted by molar-refractivity contribution is 0.439. The number of benzene rings is 2. The van der Waals surface area contributed by atoms with E-state index in [0.717, 1.165) is 13.0 Å². The summed E-state index contributed by atoms with van der Waals surface area (Å²) in [5, 5.41) is 2.86. The lowest BCUT2D eigenvalue weighted by atomic mass is 9.77. The largest absolute Gasteiger partial charge is 0.340 e. The smallest absolute Gasteiger partial charge is 0.0491 e. The minimum absolute atomic E-state index is 0.242. The van der Waals surface area contributed by atoms with Crippen molar-refractivity contribution in [3.05, 3.63) is 60.2 Å². The van der Waals surface area contributed by atoms with Crippen molar-refractivity contribution in [2.24, 2.45) is 0 Å². The van der Waals surface area contributed by atoms with Crippen molar-refractivity contribution in [3.63, 3.8) is 0 Å². The summed E-state index contributed by atoms with van der Waals surface area (Å²) in [5.74, 6) is 0. The van der Waals surface area contributed by atoms with Crippen molar-refractivity contribution in [1.82, 2.24) is 4.57 Å². The lowest BCUT2D eigenvalue weighted by Crippen LogP contribution is -2.19. The fraction of sp³-hybridized carbons (Fsp3) is 0.533. The van der Waals surface area contributed by atoms with Crippen LogP contribution >= 0.6 is 0 Å². The van der Waals surface area contributed by atoms with Gasteiger partial charge in [-0.05, 0) is 91.2 Å². The second kappa shape index (κ2) is 9.63. The maximum Gasteiger partial charge on any atom is 0.0491 e. The average Bonchev–Trinajstić information content (AvgIpc) is 3.13. The first-order valence-electron chi connectivity index (χ1n) is 12.5. The molecule has 168 valence electrons. The molecule has 0 spiro atoms. The molecule has 0 atom stereocenters. The molecule has 0 aliphatic rings. The van der Waals surface area contributed by atoms with E-state index in [1.807, 2.05) is 6.08 Å². The number of hydrogen-bond acceptors (Lipinski definition) is 0. The molecule has 1 heteroatoms. The molecule has 31 heavy (non-hydrogen) atoms. The van der Waals surface area contributed by atoms with Gasteiger partial charge in [-0.1, -0.05) is 59.8 Å². The van der Waals surface area contributed by atoms with Crippen LogP contribution in [0.25, 0.3) is 21.8 Å². The Morgan fingerprint density at radius 3 is 1.58 bits per heavy atom. The van der Waals surface area contributed by atoms with Gasteiger partial charge < -0.3 is 4.57 Å². The van der Waals surface area contributed by atoms with Crippen molar-refractivity contribution in [3.8, 4) is 0 Å². The number of nitrogens with zero attached hydrogens (tertiary/aromatic N) is 1. The fourth-order valence-electron chi connectivity index (χ4n) is 4.97. The maximum atomic E-state index is 3.89. The molecule has 1 heterocycles. The highest BCUT2D eigenvalue weighted by Gasteiger charge is 2.25. The monoisotopic (exact) mass is 417 g/mol. The fourth-order valence-corrected chi connectivity index (χ4v) is 4.97. The van der Waals surface area contributed by atoms with E-state index in [9.17, 15) is 0 Å². The summed E-state index contributed by atoms with van der Waals surface area (Å²) in [6.45, 7) is 19.1. The topological polar surface area (TPSA) is 4.93 Å². The Morgan fingerprint density at radius 2 is 1.19 bits per heavy atom. The molecule has 0 bridgehead atoms. The molecular formula is C30H43N. The van der Waals surface area contributed by atoms with Crippen molar-refractivity contribution in [2.75, 3.05) is 0 Å². The van der Waals surface area contributed by atoms with E-state index in [0.29, 0.717) is 0 Å². The van der Waals surface area contributed by atoms with Gasteiger partial charge in [0.2, 0.25) is 0 Å². The predicted octanol–water partition coefficient (Wildman–Crippen LogP) is 9.31. The van der Waals surface area contributed by atoms with Gasteiger partial charge in [-0.3, -0.25) is 0 Å². The van der Waals surface area contributed by atoms with E-state index < -0.39 is 0 Å². The molecule has 0 radical (unpaired) electrons. The molecule has 0 amide bonds. The van der Waals surface area contributed by atoms with Gasteiger partial charge in [0.15, 0.2) is 0 Å². The molecule has 0 aliphatic heterocycles. The molecule has 0 saturated heterocycles. The van der Waals surface area contributed by atoms with Gasteiger partial charge in [-0.2, -0.15) is 0 Å². The second-order valence-corrected chi connectivity index (χ2v) is 9.94. The highest BCUT2D eigenvalue weighted by atomic mass is 15.0. The SMILES string of the molecule is C=CCCCCn1c2ccc(C(C)(CC)CC)cc2c2cc(C(C)(CC)CC)ccc21. The van der Waals surface area contributed by atoms with Crippen LogP contribution in [-0.4, -0.2) is 4.57 Å². The van der Waals surface area contributed by atoms with Crippen LogP contribution in [0.4, 0.5) is 0 Å². The van der Waals surface area contributed by atoms with E-state index >= 15 is 0 Å². The van der Waals surface area contributed by atoms with Crippen LogP contribution in [0.1, 0.15) is 97.6 Å². The number of unbranched alkanes of at least 4 members (excludes halogenated alkanes) is 2. The van der Waals surface area contributed by atoms with Gasteiger partial charge in [0.1, 0.15) is 0 Å². The highest BCUT2D eigenvalue weighted by Crippen LogP contribution is 2.39. The molecule has 3 aromatic rings. The Kier molecular flexibility index (Phi) is 7.35. The number of allylic oxidation sites excluding steroid dienone is 1. The first-order valence-corrected chi connectivity index (χ1v) is 12.5. The zero-order valence-electron chi connectivity index (χ0n) is 20.9. The quantitative estimate of drug-likeness (QED) is 0.216. The Hall–Kier alpha value is -2.02. The van der Waals surface area contributed by atoms with Gasteiger partial charge in [-0.25, -0.2) is 0 Å². The van der Waals surface area contributed by atoms with Crippen LogP contribution in [0.5, 0.6) is 0 Å². The third-order valence-corrected chi connectivity index (χ3v) is 8.42. The summed E-state index contributed by atoms with van der Waals surface area (Å²) >= 11 is 0. The predicted molar refractivity (Wildman–Crippen MR) is 139 cm³/mol. The van der Waals surface area contributed by atoms with Gasteiger partial charge in [0, 0.05) is 28.4 Å². The summed E-state index contributed by atoms with van der Waals surface area (Å²) in [7, 11) is 0. The molecule has 0 aliphatic carbocycles. The minimum Gasteiger partial charge on any atom is -0.340 e. The number of hydrogen-bond donors (Lipinski definition) is 0. The Labute approximate surface area is 190 Å². The molecule has 2 aromatic carbocycles. The Balaban J connectivity index is 2.23. The maximum absolute atomic E-state index is 3.89. The Bertz CT molecular complexity index is 952. The van der Waals surface area contributed by atoms with Crippen molar-refractivity contribution < 1.29 is 0 Å². The number of rotatable bonds is 11. The first-order chi connectivity index (χ1) is 14.9. The van der Waals surface area contributed by atoms with Crippen molar-refractivity contribution in [2.45, 2.75) is 104 Å². The van der Waals surface area contributed by atoms with Crippen molar-refractivity contribution >= 4 is 21.8 Å². The van der Waals surface area contributed by atoms with Crippen molar-refractivity contribution in [1.29, 1.82) is 0 Å². The number of aryl methyl sites for hydroxylation is 1. The molecule has 0 N–H and O–H groups in total. The van der Waals surface area contributed by atoms with Gasteiger partial charge in [0.25, 0.3) is 0 Å². The van der Waals surface area contributed by atoms with Crippen LogP contribution in [-0.2, 0) is 17.4 Å². The zero-order chi connectivity index (χ0) is 22.6. The molecule has 1 nitrogen and oxygen atoms in total. The average molecular weight is 418 g/mol. The summed E-state index contributed by atoms with van der Waals surface area (Å²) in [4.78, 5) is 0. The third-order valence-electron chi connectivity index (χ3n) is 8.42. The molecule has 0 unspecified atom stereocenters. The van der Waals surface area contributed by atoms with E-state index in [1.165, 1.54) is 71.5 Å². The first kappa shape index (κ1) is 23.6. The van der Waals surface area contributed by atoms with E-state index in [2.05, 4.69) is 89.1 Å². The Morgan fingerprint density at radius 1 is 0.742 bits per heavy atom. The molecule has 0 saturated carbocycles. The minimum atomic E-state index is 0.242. The van der Waals surface area contributed by atoms with E-state index in [-0.39, 0.29) is 10.8 Å². The standard InChI is InChI=1S/C30H43N/c1-8-13-14-15-20-31-27-18-16-23(29(6,9-2)10-3)21-25(27)26-22-24(17-19-28(26)31)30(7,11-4)12-5/h8,16-19,21-22H,1,9-15,20H2,2-7H3. The van der Waals surface area contributed by atoms with Crippen LogP contribution in [0, 0.1) is 0 Å². The normalized spacial score (nSPS) is 12.7. The van der Waals surface area contributed by atoms with Crippen LogP contribution in [0.3, 0.4) is 0 Å². The summed E-state index contributed by atoms with van der Waals surface area (Å²) in [5.41, 5.74) is 6.22. The van der Waals surface area contributed by atoms with Gasteiger partial charge >= 0.3 is 0 Å².